The molecule has 1 aromatic heterocycles. The van der Waals surface area contributed by atoms with Crippen molar-refractivity contribution in [3.8, 4) is 0 Å². The highest BCUT2D eigenvalue weighted by Gasteiger charge is 2.36. The van der Waals surface area contributed by atoms with Gasteiger partial charge in [-0.3, -0.25) is 0 Å². The van der Waals surface area contributed by atoms with Gasteiger partial charge in [-0.05, 0) is 37.3 Å². The van der Waals surface area contributed by atoms with Crippen LogP contribution in [0, 0.1) is 5.41 Å². The molecular formula is C15H25N3O2S. The Bertz CT molecular complexity index is 584. The average Bonchev–Trinajstić information content (AvgIpc) is 2.42. The Hall–Kier alpha value is -1.14. The van der Waals surface area contributed by atoms with E-state index < -0.39 is 10.0 Å². The predicted octanol–water partition coefficient (Wildman–Crippen LogP) is 2.76. The molecule has 0 saturated heterocycles. The van der Waals surface area contributed by atoms with Crippen molar-refractivity contribution >= 4 is 15.7 Å². The van der Waals surface area contributed by atoms with E-state index >= 15 is 0 Å². The van der Waals surface area contributed by atoms with E-state index in [1.54, 1.807) is 12.1 Å². The minimum atomic E-state index is -3.61. The van der Waals surface area contributed by atoms with Crippen LogP contribution >= 0.6 is 0 Å². The number of nitrogens with zero attached hydrogens (tertiary/aromatic N) is 1. The number of anilines is 1. The number of pyridine rings is 1. The van der Waals surface area contributed by atoms with Gasteiger partial charge in [-0.25, -0.2) is 18.1 Å². The van der Waals surface area contributed by atoms with Crippen LogP contribution in [0.1, 0.15) is 46.5 Å². The summed E-state index contributed by atoms with van der Waals surface area (Å²) in [5.41, 5.74) is 0.541. The second-order valence-electron chi connectivity index (χ2n) is 6.29. The Morgan fingerprint density at radius 3 is 2.81 bits per heavy atom. The van der Waals surface area contributed by atoms with Gasteiger partial charge in [0, 0.05) is 18.8 Å². The molecule has 1 fully saturated rings. The molecule has 1 aliphatic rings. The summed E-state index contributed by atoms with van der Waals surface area (Å²) in [5.74, 6) is 0. The average molecular weight is 311 g/mol. The summed E-state index contributed by atoms with van der Waals surface area (Å²) in [5, 5.41) is 3.15. The molecule has 0 amide bonds. The molecule has 2 N–H and O–H groups in total. The molecule has 1 unspecified atom stereocenters. The van der Waals surface area contributed by atoms with Crippen molar-refractivity contribution in [2.75, 3.05) is 11.9 Å². The van der Waals surface area contributed by atoms with Gasteiger partial charge in [0.05, 0.1) is 5.69 Å². The number of nitrogens with one attached hydrogen (secondary N) is 2. The molecule has 2 rings (SSSR count). The summed E-state index contributed by atoms with van der Waals surface area (Å²) in [7, 11) is -3.61. The van der Waals surface area contributed by atoms with E-state index in [1.165, 1.54) is 6.20 Å². The van der Waals surface area contributed by atoms with Crippen molar-refractivity contribution in [2.45, 2.75) is 57.5 Å². The maximum atomic E-state index is 12.7. The van der Waals surface area contributed by atoms with Crippen LogP contribution < -0.4 is 10.0 Å². The molecule has 0 spiro atoms. The molecule has 118 valence electrons. The summed E-state index contributed by atoms with van der Waals surface area (Å²) in [6.45, 7) is 6.84. The molecule has 1 aliphatic carbocycles. The van der Waals surface area contributed by atoms with Crippen molar-refractivity contribution in [3.63, 3.8) is 0 Å². The predicted molar refractivity (Wildman–Crippen MR) is 84.8 cm³/mol. The lowest BCUT2D eigenvalue weighted by molar-refractivity contribution is 0.188. The molecule has 1 atom stereocenters. The second kappa shape index (κ2) is 6.32. The van der Waals surface area contributed by atoms with Crippen LogP contribution in [0.25, 0.3) is 0 Å². The summed E-state index contributed by atoms with van der Waals surface area (Å²) < 4.78 is 28.2. The SMILES string of the molecule is CCNc1cccnc1S(=O)(=O)NC1CCCCC1(C)C. The summed E-state index contributed by atoms with van der Waals surface area (Å²) in [6, 6.07) is 3.45. The zero-order valence-corrected chi connectivity index (χ0v) is 13.8. The van der Waals surface area contributed by atoms with Crippen LogP contribution in [-0.2, 0) is 10.0 Å². The molecule has 1 aromatic rings. The van der Waals surface area contributed by atoms with Crippen molar-refractivity contribution in [1.29, 1.82) is 0 Å². The minimum absolute atomic E-state index is 0.0154. The zero-order valence-electron chi connectivity index (χ0n) is 13.0. The van der Waals surface area contributed by atoms with Gasteiger partial charge in [0.25, 0.3) is 10.0 Å². The van der Waals surface area contributed by atoms with Crippen LogP contribution in [0.2, 0.25) is 0 Å². The standard InChI is InChI=1S/C15H25N3O2S/c1-4-16-12-8-7-11-17-14(12)21(19,20)18-13-9-5-6-10-15(13,2)3/h7-8,11,13,16,18H,4-6,9-10H2,1-3H3. The van der Waals surface area contributed by atoms with E-state index in [1.807, 2.05) is 6.92 Å². The quantitative estimate of drug-likeness (QED) is 0.877. The first-order valence-electron chi connectivity index (χ1n) is 7.58. The monoisotopic (exact) mass is 311 g/mol. The van der Waals surface area contributed by atoms with Gasteiger partial charge < -0.3 is 5.32 Å². The molecule has 6 heteroatoms. The van der Waals surface area contributed by atoms with Crippen LogP contribution in [0.3, 0.4) is 0 Å². The number of hydrogen-bond acceptors (Lipinski definition) is 4. The van der Waals surface area contributed by atoms with Gasteiger partial charge in [-0.2, -0.15) is 0 Å². The Kier molecular flexibility index (Phi) is 4.88. The summed E-state index contributed by atoms with van der Waals surface area (Å²) in [6.07, 6.45) is 5.68. The highest BCUT2D eigenvalue weighted by molar-refractivity contribution is 7.89. The van der Waals surface area contributed by atoms with E-state index in [2.05, 4.69) is 28.9 Å². The third-order valence-electron chi connectivity index (χ3n) is 4.20. The van der Waals surface area contributed by atoms with Crippen molar-refractivity contribution in [2.24, 2.45) is 5.41 Å². The van der Waals surface area contributed by atoms with Crippen molar-refractivity contribution < 1.29 is 8.42 Å². The van der Waals surface area contributed by atoms with Gasteiger partial charge >= 0.3 is 0 Å². The molecule has 0 aromatic carbocycles. The maximum absolute atomic E-state index is 12.7. The smallest absolute Gasteiger partial charge is 0.260 e. The van der Waals surface area contributed by atoms with Gasteiger partial charge in [0.1, 0.15) is 0 Å². The fraction of sp³-hybridized carbons (Fsp3) is 0.667. The first-order chi connectivity index (χ1) is 9.87. The van der Waals surface area contributed by atoms with Crippen LogP contribution in [0.5, 0.6) is 0 Å². The van der Waals surface area contributed by atoms with Gasteiger partial charge in [-0.1, -0.05) is 26.7 Å². The minimum Gasteiger partial charge on any atom is -0.383 e. The Morgan fingerprint density at radius 1 is 1.38 bits per heavy atom. The van der Waals surface area contributed by atoms with E-state index in [4.69, 9.17) is 0 Å². The number of sulfonamides is 1. The molecule has 0 aliphatic heterocycles. The molecule has 0 radical (unpaired) electrons. The summed E-state index contributed by atoms with van der Waals surface area (Å²) in [4.78, 5) is 4.07. The number of aromatic nitrogens is 1. The topological polar surface area (TPSA) is 71.1 Å². The maximum Gasteiger partial charge on any atom is 0.260 e. The van der Waals surface area contributed by atoms with Crippen LogP contribution in [-0.4, -0.2) is 26.0 Å². The van der Waals surface area contributed by atoms with E-state index in [-0.39, 0.29) is 16.5 Å². The molecule has 5 nitrogen and oxygen atoms in total. The van der Waals surface area contributed by atoms with Crippen molar-refractivity contribution in [1.82, 2.24) is 9.71 Å². The first-order valence-corrected chi connectivity index (χ1v) is 9.06. The summed E-state index contributed by atoms with van der Waals surface area (Å²) >= 11 is 0. The van der Waals surface area contributed by atoms with E-state index in [0.29, 0.717) is 12.2 Å². The molecule has 21 heavy (non-hydrogen) atoms. The Balaban J connectivity index is 2.26. The number of hydrogen-bond donors (Lipinski definition) is 2. The van der Waals surface area contributed by atoms with E-state index in [9.17, 15) is 8.42 Å². The third kappa shape index (κ3) is 3.74. The molecule has 1 saturated carbocycles. The van der Waals surface area contributed by atoms with E-state index in [0.717, 1.165) is 25.7 Å². The zero-order chi connectivity index (χ0) is 15.5. The molecular weight excluding hydrogens is 286 g/mol. The Labute approximate surface area is 127 Å². The fourth-order valence-corrected chi connectivity index (χ4v) is 4.44. The second-order valence-corrected chi connectivity index (χ2v) is 7.92. The largest absolute Gasteiger partial charge is 0.383 e. The van der Waals surface area contributed by atoms with Gasteiger partial charge in [0.2, 0.25) is 0 Å². The molecule has 1 heterocycles. The highest BCUT2D eigenvalue weighted by Crippen LogP contribution is 2.36. The van der Waals surface area contributed by atoms with Crippen molar-refractivity contribution in [3.05, 3.63) is 18.3 Å². The number of rotatable bonds is 5. The normalized spacial score (nSPS) is 22.0. The Morgan fingerprint density at radius 2 is 2.14 bits per heavy atom. The fourth-order valence-electron chi connectivity index (χ4n) is 2.89. The lowest BCUT2D eigenvalue weighted by Gasteiger charge is -2.38. The lowest BCUT2D eigenvalue weighted by atomic mass is 9.74. The third-order valence-corrected chi connectivity index (χ3v) is 5.63. The highest BCUT2D eigenvalue weighted by atomic mass is 32.2. The van der Waals surface area contributed by atoms with Crippen LogP contribution in [0.4, 0.5) is 5.69 Å². The van der Waals surface area contributed by atoms with Gasteiger partial charge in [-0.15, -0.1) is 0 Å². The first kappa shape index (κ1) is 16.2. The van der Waals surface area contributed by atoms with Crippen LogP contribution in [0.15, 0.2) is 23.4 Å². The lowest BCUT2D eigenvalue weighted by Crippen LogP contribution is -2.47. The van der Waals surface area contributed by atoms with Gasteiger partial charge in [0.15, 0.2) is 5.03 Å². The molecule has 0 bridgehead atoms.